The van der Waals surface area contributed by atoms with Gasteiger partial charge in [-0.25, -0.2) is 0 Å². The van der Waals surface area contributed by atoms with Gasteiger partial charge in [0.1, 0.15) is 0 Å². The van der Waals surface area contributed by atoms with E-state index in [0.717, 1.165) is 35.1 Å². The Kier molecular flexibility index (Phi) is 1.96. The van der Waals surface area contributed by atoms with Gasteiger partial charge in [-0.05, 0) is 38.0 Å². The number of benzene rings is 1. The van der Waals surface area contributed by atoms with Gasteiger partial charge in [-0.3, -0.25) is 9.89 Å². The predicted molar refractivity (Wildman–Crippen MR) is 62.2 cm³/mol. The molecule has 1 saturated carbocycles. The number of aryl methyl sites for hydroxylation is 1. The minimum atomic E-state index is 0.139. The van der Waals surface area contributed by atoms with Gasteiger partial charge in [0.25, 0.3) is 0 Å². The van der Waals surface area contributed by atoms with Crippen molar-refractivity contribution < 1.29 is 4.79 Å². The SMILES string of the molecule is Cc1[nH]nc2ccc(NC(=O)C3CC3)cc12. The van der Waals surface area contributed by atoms with Crippen LogP contribution < -0.4 is 5.32 Å². The fourth-order valence-electron chi connectivity index (χ4n) is 1.81. The van der Waals surface area contributed by atoms with E-state index in [1.54, 1.807) is 0 Å². The number of rotatable bonds is 2. The highest BCUT2D eigenvalue weighted by molar-refractivity contribution is 5.96. The lowest BCUT2D eigenvalue weighted by Gasteiger charge is -2.03. The molecule has 3 rings (SSSR count). The summed E-state index contributed by atoms with van der Waals surface area (Å²) in [6.07, 6.45) is 2.05. The van der Waals surface area contributed by atoms with E-state index in [-0.39, 0.29) is 11.8 Å². The molecule has 0 bridgehead atoms. The molecule has 1 aromatic heterocycles. The van der Waals surface area contributed by atoms with Gasteiger partial charge in [-0.15, -0.1) is 0 Å². The first-order valence-corrected chi connectivity index (χ1v) is 5.49. The second-order valence-corrected chi connectivity index (χ2v) is 4.34. The van der Waals surface area contributed by atoms with Crippen LogP contribution in [0.4, 0.5) is 5.69 Å². The van der Waals surface area contributed by atoms with E-state index >= 15 is 0 Å². The summed E-state index contributed by atoms with van der Waals surface area (Å²) < 4.78 is 0. The molecule has 2 N–H and O–H groups in total. The average molecular weight is 215 g/mol. The monoisotopic (exact) mass is 215 g/mol. The van der Waals surface area contributed by atoms with Crippen molar-refractivity contribution >= 4 is 22.5 Å². The van der Waals surface area contributed by atoms with Crippen LogP contribution in [-0.4, -0.2) is 16.1 Å². The van der Waals surface area contributed by atoms with Gasteiger partial charge in [0.15, 0.2) is 0 Å². The van der Waals surface area contributed by atoms with Crippen molar-refractivity contribution in [3.05, 3.63) is 23.9 Å². The Morgan fingerprint density at radius 3 is 3.06 bits per heavy atom. The van der Waals surface area contributed by atoms with Crippen LogP contribution in [0.15, 0.2) is 18.2 Å². The first-order valence-electron chi connectivity index (χ1n) is 5.49. The van der Waals surface area contributed by atoms with Crippen molar-refractivity contribution in [2.24, 2.45) is 5.92 Å². The number of hydrogen-bond donors (Lipinski definition) is 2. The number of anilines is 1. The molecule has 0 aliphatic heterocycles. The molecule has 0 radical (unpaired) electrons. The number of carbonyl (C=O) groups excluding carboxylic acids is 1. The minimum absolute atomic E-state index is 0.139. The number of aromatic amines is 1. The number of nitrogens with zero attached hydrogens (tertiary/aromatic N) is 1. The number of hydrogen-bond acceptors (Lipinski definition) is 2. The van der Waals surface area contributed by atoms with Gasteiger partial charge in [0.2, 0.25) is 5.91 Å². The molecule has 0 saturated heterocycles. The Labute approximate surface area is 93.0 Å². The average Bonchev–Trinajstić information content (AvgIpc) is 3.06. The zero-order valence-electron chi connectivity index (χ0n) is 9.08. The molecule has 1 amide bonds. The normalized spacial score (nSPS) is 15.3. The van der Waals surface area contributed by atoms with Crippen molar-refractivity contribution in [3.63, 3.8) is 0 Å². The van der Waals surface area contributed by atoms with Crippen molar-refractivity contribution in [3.8, 4) is 0 Å². The smallest absolute Gasteiger partial charge is 0.227 e. The maximum absolute atomic E-state index is 11.6. The highest BCUT2D eigenvalue weighted by Crippen LogP contribution is 2.30. The third kappa shape index (κ3) is 1.56. The zero-order valence-corrected chi connectivity index (χ0v) is 9.08. The standard InChI is InChI=1S/C12H13N3O/c1-7-10-6-9(4-5-11(10)15-14-7)13-12(16)8-2-3-8/h4-6,8H,2-3H2,1H3,(H,13,16)(H,14,15). The molecular formula is C12H13N3O. The molecule has 16 heavy (non-hydrogen) atoms. The number of nitrogens with one attached hydrogen (secondary N) is 2. The van der Waals surface area contributed by atoms with E-state index in [4.69, 9.17) is 0 Å². The Hall–Kier alpha value is -1.84. The Morgan fingerprint density at radius 1 is 1.50 bits per heavy atom. The minimum Gasteiger partial charge on any atom is -0.326 e. The summed E-state index contributed by atoms with van der Waals surface area (Å²) in [4.78, 5) is 11.6. The topological polar surface area (TPSA) is 57.8 Å². The van der Waals surface area contributed by atoms with Crippen molar-refractivity contribution in [2.45, 2.75) is 19.8 Å². The molecular weight excluding hydrogens is 202 g/mol. The van der Waals surface area contributed by atoms with Crippen molar-refractivity contribution in [2.75, 3.05) is 5.32 Å². The third-order valence-corrected chi connectivity index (χ3v) is 2.96. The zero-order chi connectivity index (χ0) is 11.1. The molecule has 1 aromatic carbocycles. The highest BCUT2D eigenvalue weighted by Gasteiger charge is 2.29. The van der Waals surface area contributed by atoms with E-state index in [1.165, 1.54) is 0 Å². The Bertz CT molecular complexity index is 554. The summed E-state index contributed by atoms with van der Waals surface area (Å²) in [6, 6.07) is 5.78. The molecule has 4 heteroatoms. The van der Waals surface area contributed by atoms with Crippen LogP contribution >= 0.6 is 0 Å². The van der Waals surface area contributed by atoms with Crippen LogP contribution in [0, 0.1) is 12.8 Å². The van der Waals surface area contributed by atoms with E-state index in [9.17, 15) is 4.79 Å². The van der Waals surface area contributed by atoms with Crippen LogP contribution in [0.25, 0.3) is 10.9 Å². The summed E-state index contributed by atoms with van der Waals surface area (Å²) in [6.45, 7) is 1.97. The quantitative estimate of drug-likeness (QED) is 0.807. The molecule has 1 aliphatic rings. The van der Waals surface area contributed by atoms with Gasteiger partial charge in [0.05, 0.1) is 5.52 Å². The molecule has 0 atom stereocenters. The van der Waals surface area contributed by atoms with Crippen molar-refractivity contribution in [1.82, 2.24) is 10.2 Å². The molecule has 0 spiro atoms. The van der Waals surface area contributed by atoms with Gasteiger partial charge < -0.3 is 5.32 Å². The molecule has 82 valence electrons. The van der Waals surface area contributed by atoms with Crippen molar-refractivity contribution in [1.29, 1.82) is 0 Å². The summed E-state index contributed by atoms with van der Waals surface area (Å²) in [7, 11) is 0. The molecule has 2 aromatic rings. The molecule has 1 heterocycles. The molecule has 1 fully saturated rings. The predicted octanol–water partition coefficient (Wildman–Crippen LogP) is 2.22. The summed E-state index contributed by atoms with van der Waals surface area (Å²) in [5, 5.41) is 11.1. The maximum Gasteiger partial charge on any atom is 0.227 e. The molecule has 4 nitrogen and oxygen atoms in total. The third-order valence-electron chi connectivity index (χ3n) is 2.96. The summed E-state index contributed by atoms with van der Waals surface area (Å²) >= 11 is 0. The van der Waals surface area contributed by atoms with Gasteiger partial charge >= 0.3 is 0 Å². The Morgan fingerprint density at radius 2 is 2.31 bits per heavy atom. The van der Waals surface area contributed by atoms with Crippen LogP contribution in [0.2, 0.25) is 0 Å². The van der Waals surface area contributed by atoms with Crippen LogP contribution in [0.5, 0.6) is 0 Å². The number of carbonyl (C=O) groups is 1. The number of aromatic nitrogens is 2. The number of amides is 1. The summed E-state index contributed by atoms with van der Waals surface area (Å²) in [5.74, 6) is 0.377. The fraction of sp³-hybridized carbons (Fsp3) is 0.333. The number of fused-ring (bicyclic) bond motifs is 1. The second-order valence-electron chi connectivity index (χ2n) is 4.34. The number of H-pyrrole nitrogens is 1. The van der Waals surface area contributed by atoms with E-state index in [1.807, 2.05) is 25.1 Å². The van der Waals surface area contributed by atoms with Gasteiger partial charge in [0, 0.05) is 22.7 Å². The summed E-state index contributed by atoms with van der Waals surface area (Å²) in [5.41, 5.74) is 2.81. The van der Waals surface area contributed by atoms with E-state index < -0.39 is 0 Å². The first-order chi connectivity index (χ1) is 7.74. The van der Waals surface area contributed by atoms with Crippen LogP contribution in [-0.2, 0) is 4.79 Å². The first kappa shape index (κ1) is 9.39. The molecule has 0 unspecified atom stereocenters. The fourth-order valence-corrected chi connectivity index (χ4v) is 1.81. The Balaban J connectivity index is 1.91. The van der Waals surface area contributed by atoms with E-state index in [2.05, 4.69) is 15.5 Å². The lowest BCUT2D eigenvalue weighted by atomic mass is 10.2. The van der Waals surface area contributed by atoms with Crippen LogP contribution in [0.1, 0.15) is 18.5 Å². The van der Waals surface area contributed by atoms with Gasteiger partial charge in [-0.1, -0.05) is 0 Å². The molecule has 1 aliphatic carbocycles. The largest absolute Gasteiger partial charge is 0.326 e. The van der Waals surface area contributed by atoms with Crippen LogP contribution in [0.3, 0.4) is 0 Å². The second kappa shape index (κ2) is 3.33. The highest BCUT2D eigenvalue weighted by atomic mass is 16.2. The lowest BCUT2D eigenvalue weighted by Crippen LogP contribution is -2.12. The van der Waals surface area contributed by atoms with Gasteiger partial charge in [-0.2, -0.15) is 5.10 Å². The maximum atomic E-state index is 11.6. The van der Waals surface area contributed by atoms with E-state index in [0.29, 0.717) is 0 Å². The lowest BCUT2D eigenvalue weighted by molar-refractivity contribution is -0.117.